The second-order valence-electron chi connectivity index (χ2n) is 8.61. The van der Waals surface area contributed by atoms with Gasteiger partial charge in [0.15, 0.2) is 5.60 Å². The highest BCUT2D eigenvalue weighted by atomic mass is 19.4. The summed E-state index contributed by atoms with van der Waals surface area (Å²) in [6.07, 6.45) is -4.65. The number of carbonyl (C=O) groups is 1. The molecule has 2 aromatic rings. The fourth-order valence-electron chi connectivity index (χ4n) is 4.95. The molecule has 1 aromatic carbocycles. The van der Waals surface area contributed by atoms with Gasteiger partial charge in [-0.15, -0.1) is 0 Å². The van der Waals surface area contributed by atoms with Gasteiger partial charge in [0.05, 0.1) is 40.6 Å². The highest BCUT2D eigenvalue weighted by molar-refractivity contribution is 5.84. The molecule has 3 atom stereocenters. The largest absolute Gasteiger partial charge is 0.494 e. The van der Waals surface area contributed by atoms with E-state index in [9.17, 15) is 33.3 Å². The molecular formula is C22H21F3N2O6. The second kappa shape index (κ2) is 6.88. The molecule has 0 radical (unpaired) electrons. The fraction of sp³-hybridized carbons (Fsp3) is 0.455. The molecular weight excluding hydrogens is 445 g/mol. The maximum Gasteiger partial charge on any atom is 0.417 e. The quantitative estimate of drug-likeness (QED) is 0.591. The van der Waals surface area contributed by atoms with Crippen molar-refractivity contribution in [1.29, 1.82) is 5.26 Å². The number of benzene rings is 1. The van der Waals surface area contributed by atoms with Crippen LogP contribution in [0.1, 0.15) is 55.9 Å². The van der Waals surface area contributed by atoms with Crippen LogP contribution in [0.5, 0.6) is 11.8 Å². The lowest BCUT2D eigenvalue weighted by atomic mass is 9.69. The van der Waals surface area contributed by atoms with Gasteiger partial charge in [-0.3, -0.25) is 4.57 Å². The maximum absolute atomic E-state index is 13.5. The molecule has 2 aliphatic heterocycles. The molecule has 0 amide bonds. The number of carbonyl (C=O) groups excluding carboxylic acids is 1. The molecule has 0 unspecified atom stereocenters. The van der Waals surface area contributed by atoms with Gasteiger partial charge in [0.1, 0.15) is 11.2 Å². The molecule has 0 spiro atoms. The minimum absolute atomic E-state index is 0.0461. The molecule has 1 fully saturated rings. The average Bonchev–Trinajstić information content (AvgIpc) is 3.24. The Morgan fingerprint density at radius 1 is 1.27 bits per heavy atom. The Balaban J connectivity index is 1.91. The fourth-order valence-corrected chi connectivity index (χ4v) is 4.95. The van der Waals surface area contributed by atoms with Crippen molar-refractivity contribution in [3.63, 3.8) is 0 Å². The number of esters is 1. The Morgan fingerprint density at radius 3 is 2.48 bits per heavy atom. The van der Waals surface area contributed by atoms with Gasteiger partial charge in [0.2, 0.25) is 11.8 Å². The van der Waals surface area contributed by atoms with Crippen molar-refractivity contribution in [1.82, 2.24) is 4.57 Å². The third kappa shape index (κ3) is 2.87. The highest BCUT2D eigenvalue weighted by Crippen LogP contribution is 2.68. The number of fused-ring (bicyclic) bond motifs is 5. The smallest absolute Gasteiger partial charge is 0.417 e. The Bertz CT molecular complexity index is 1220. The molecule has 3 heterocycles. The zero-order valence-corrected chi connectivity index (χ0v) is 17.9. The molecule has 33 heavy (non-hydrogen) atoms. The maximum atomic E-state index is 13.5. The van der Waals surface area contributed by atoms with E-state index in [1.807, 2.05) is 0 Å². The van der Waals surface area contributed by atoms with Crippen LogP contribution in [0.3, 0.4) is 0 Å². The molecule has 4 rings (SSSR count). The molecule has 176 valence electrons. The number of aromatic hydroxyl groups is 2. The van der Waals surface area contributed by atoms with Crippen LogP contribution in [-0.2, 0) is 31.6 Å². The number of nitrogens with zero attached hydrogens (tertiary/aromatic N) is 2. The first-order chi connectivity index (χ1) is 15.2. The van der Waals surface area contributed by atoms with Crippen molar-refractivity contribution in [3.05, 3.63) is 40.5 Å². The molecule has 8 nitrogen and oxygen atoms in total. The van der Waals surface area contributed by atoms with Crippen LogP contribution in [0, 0.1) is 11.3 Å². The summed E-state index contributed by atoms with van der Waals surface area (Å²) in [7, 11) is 0. The summed E-state index contributed by atoms with van der Waals surface area (Å²) in [6, 6.07) is 4.16. The summed E-state index contributed by atoms with van der Waals surface area (Å²) < 4.78 is 52.2. The summed E-state index contributed by atoms with van der Waals surface area (Å²) in [5.74, 6) is -2.27. The molecule has 2 bridgehead atoms. The summed E-state index contributed by atoms with van der Waals surface area (Å²) in [5, 5.41) is 42.2. The van der Waals surface area contributed by atoms with Crippen molar-refractivity contribution in [2.45, 2.75) is 56.6 Å². The zero-order valence-electron chi connectivity index (χ0n) is 17.9. The van der Waals surface area contributed by atoms with E-state index >= 15 is 0 Å². The van der Waals surface area contributed by atoms with Crippen molar-refractivity contribution in [2.24, 2.45) is 0 Å². The Hall–Kier alpha value is -3.23. The summed E-state index contributed by atoms with van der Waals surface area (Å²) in [6.45, 7) is 4.66. The summed E-state index contributed by atoms with van der Waals surface area (Å²) >= 11 is 0. The Labute approximate surface area is 186 Å². The van der Waals surface area contributed by atoms with Crippen molar-refractivity contribution >= 4 is 5.97 Å². The number of hydrogen-bond acceptors (Lipinski definition) is 7. The summed E-state index contributed by atoms with van der Waals surface area (Å²) in [5.41, 5.74) is -7.69. The van der Waals surface area contributed by atoms with Gasteiger partial charge in [-0.1, -0.05) is 6.92 Å². The predicted molar refractivity (Wildman–Crippen MR) is 105 cm³/mol. The van der Waals surface area contributed by atoms with Crippen molar-refractivity contribution < 1.29 is 42.8 Å². The first-order valence-electron chi connectivity index (χ1n) is 10.1. The number of aliphatic hydroxyl groups is 1. The van der Waals surface area contributed by atoms with E-state index in [1.165, 1.54) is 19.9 Å². The van der Waals surface area contributed by atoms with E-state index in [0.717, 1.165) is 16.7 Å². The van der Waals surface area contributed by atoms with E-state index in [4.69, 9.17) is 14.7 Å². The predicted octanol–water partition coefficient (Wildman–Crippen LogP) is 3.33. The van der Waals surface area contributed by atoms with E-state index in [-0.39, 0.29) is 29.8 Å². The molecule has 11 heteroatoms. The van der Waals surface area contributed by atoms with Gasteiger partial charge in [-0.05, 0) is 38.5 Å². The first kappa shape index (κ1) is 22.9. The van der Waals surface area contributed by atoms with E-state index in [0.29, 0.717) is 12.5 Å². The third-order valence-electron chi connectivity index (χ3n) is 6.40. The molecule has 1 saturated heterocycles. The molecule has 1 aromatic heterocycles. The standard InChI is InChI=1S/C22H21F3N2O6/c1-4-7-32-18(30)21(31)10-19(2)14-15(20(21,3)33-19)17(29)27(16(14)28)12-6-5-11(9-26)13(8-12)22(23,24)25/h5-6,8,28-29,31H,4,7,10H2,1-3H3/t19-,20-,21-/m1/s1. The zero-order chi connectivity index (χ0) is 24.6. The van der Waals surface area contributed by atoms with E-state index in [2.05, 4.69) is 0 Å². The Kier molecular flexibility index (Phi) is 4.79. The minimum atomic E-state index is -4.86. The topological polar surface area (TPSA) is 125 Å². The van der Waals surface area contributed by atoms with Gasteiger partial charge in [0.25, 0.3) is 0 Å². The average molecular weight is 466 g/mol. The molecule has 0 aliphatic carbocycles. The number of ether oxygens (including phenoxy) is 2. The van der Waals surface area contributed by atoms with Gasteiger partial charge in [-0.2, -0.15) is 18.4 Å². The Morgan fingerprint density at radius 2 is 1.91 bits per heavy atom. The lowest BCUT2D eigenvalue weighted by Crippen LogP contribution is -2.54. The van der Waals surface area contributed by atoms with E-state index in [1.54, 1.807) is 6.92 Å². The van der Waals surface area contributed by atoms with Crippen LogP contribution in [0.15, 0.2) is 18.2 Å². The number of hydrogen-bond donors (Lipinski definition) is 3. The van der Waals surface area contributed by atoms with Crippen LogP contribution < -0.4 is 0 Å². The number of rotatable bonds is 4. The van der Waals surface area contributed by atoms with Crippen molar-refractivity contribution in [2.75, 3.05) is 6.61 Å². The highest BCUT2D eigenvalue weighted by Gasteiger charge is 2.74. The second-order valence-corrected chi connectivity index (χ2v) is 8.61. The number of aromatic nitrogens is 1. The van der Waals surface area contributed by atoms with E-state index < -0.39 is 51.8 Å². The lowest BCUT2D eigenvalue weighted by molar-refractivity contribution is -0.186. The number of nitriles is 1. The summed E-state index contributed by atoms with van der Waals surface area (Å²) in [4.78, 5) is 12.7. The number of alkyl halides is 3. The van der Waals surface area contributed by atoms with Crippen LogP contribution in [0.4, 0.5) is 13.2 Å². The number of halogens is 3. The lowest BCUT2D eigenvalue weighted by Gasteiger charge is -2.36. The van der Waals surface area contributed by atoms with Crippen LogP contribution in [0.25, 0.3) is 5.69 Å². The third-order valence-corrected chi connectivity index (χ3v) is 6.40. The van der Waals surface area contributed by atoms with Gasteiger partial charge < -0.3 is 24.8 Å². The SMILES string of the molecule is CCCOC(=O)[C@]1(O)C[C@@]2(C)O[C@]1(C)c1c2c(O)n(-c2ccc(C#N)c(C(F)(F)F)c2)c1O. The monoisotopic (exact) mass is 466 g/mol. The van der Waals surface area contributed by atoms with Crippen LogP contribution in [-0.4, -0.2) is 38.1 Å². The van der Waals surface area contributed by atoms with Crippen LogP contribution >= 0.6 is 0 Å². The molecule has 2 aliphatic rings. The molecule has 3 N–H and O–H groups in total. The normalized spacial score (nSPS) is 27.9. The van der Waals surface area contributed by atoms with Gasteiger partial charge in [0, 0.05) is 6.42 Å². The van der Waals surface area contributed by atoms with Gasteiger partial charge >= 0.3 is 12.1 Å². The van der Waals surface area contributed by atoms with Crippen LogP contribution in [0.2, 0.25) is 0 Å². The minimum Gasteiger partial charge on any atom is -0.494 e. The first-order valence-corrected chi connectivity index (χ1v) is 10.1. The van der Waals surface area contributed by atoms with Crippen molar-refractivity contribution in [3.8, 4) is 23.5 Å². The van der Waals surface area contributed by atoms with Gasteiger partial charge in [-0.25, -0.2) is 4.79 Å². The molecule has 0 saturated carbocycles.